The smallest absolute Gasteiger partial charge is 0.120 e. The van der Waals surface area contributed by atoms with Gasteiger partial charge in [0.2, 0.25) is 0 Å². The number of aryl methyl sites for hydroxylation is 1. The summed E-state index contributed by atoms with van der Waals surface area (Å²) in [7, 11) is 0. The average Bonchev–Trinajstić information content (AvgIpc) is 2.86. The largest absolute Gasteiger partial charge is 0.464 e. The van der Waals surface area contributed by atoms with Crippen molar-refractivity contribution in [1.82, 2.24) is 5.32 Å². The van der Waals surface area contributed by atoms with Crippen LogP contribution in [0.3, 0.4) is 0 Å². The van der Waals surface area contributed by atoms with E-state index in [1.165, 1.54) is 0 Å². The van der Waals surface area contributed by atoms with E-state index in [2.05, 4.69) is 38.2 Å². The average molecular weight is 223 g/mol. The zero-order valence-corrected chi connectivity index (χ0v) is 10.4. The second-order valence-corrected chi connectivity index (χ2v) is 4.89. The van der Waals surface area contributed by atoms with Crippen molar-refractivity contribution in [3.8, 4) is 0 Å². The predicted molar refractivity (Wildman–Crippen MR) is 63.5 cm³/mol. The molecule has 1 fully saturated rings. The lowest BCUT2D eigenvalue weighted by Gasteiger charge is -2.27. The molecule has 90 valence electrons. The van der Waals surface area contributed by atoms with E-state index in [1.807, 2.05) is 0 Å². The third kappa shape index (κ3) is 2.47. The summed E-state index contributed by atoms with van der Waals surface area (Å²) in [6.45, 7) is 8.10. The second-order valence-electron chi connectivity index (χ2n) is 4.89. The molecule has 16 heavy (non-hydrogen) atoms. The van der Waals surface area contributed by atoms with E-state index in [9.17, 15) is 0 Å². The van der Waals surface area contributed by atoms with Gasteiger partial charge in [0.15, 0.2) is 0 Å². The van der Waals surface area contributed by atoms with Crippen LogP contribution in [0.25, 0.3) is 0 Å². The van der Waals surface area contributed by atoms with Crippen LogP contribution in [0.5, 0.6) is 0 Å². The molecule has 2 atom stereocenters. The molecule has 0 aliphatic carbocycles. The van der Waals surface area contributed by atoms with Gasteiger partial charge in [0.05, 0.1) is 12.6 Å². The van der Waals surface area contributed by atoms with Gasteiger partial charge in [0.1, 0.15) is 11.5 Å². The lowest BCUT2D eigenvalue weighted by atomic mass is 10.00. The Hall–Kier alpha value is -0.800. The Morgan fingerprint density at radius 2 is 2.31 bits per heavy atom. The molecule has 3 heteroatoms. The van der Waals surface area contributed by atoms with Crippen molar-refractivity contribution in [3.63, 3.8) is 0 Å². The molecule has 0 unspecified atom stereocenters. The molecule has 0 radical (unpaired) electrons. The van der Waals surface area contributed by atoms with E-state index in [0.29, 0.717) is 0 Å². The standard InChI is InChI=1S/C13H21NO2/c1-4-11-5-6-12(16-11)10(2)14-13(3)7-8-15-9-13/h5-6,10,14H,4,7-9H2,1-3H3/t10-,13+/m0/s1. The van der Waals surface area contributed by atoms with E-state index >= 15 is 0 Å². The third-order valence-corrected chi connectivity index (χ3v) is 3.24. The predicted octanol–water partition coefficient (Wildman–Crippen LogP) is 2.67. The highest BCUT2D eigenvalue weighted by molar-refractivity contribution is 5.11. The topological polar surface area (TPSA) is 34.4 Å². The number of rotatable bonds is 4. The molecular weight excluding hydrogens is 202 g/mol. The van der Waals surface area contributed by atoms with Crippen LogP contribution < -0.4 is 5.32 Å². The van der Waals surface area contributed by atoms with Crippen molar-refractivity contribution in [1.29, 1.82) is 0 Å². The molecule has 1 aliphatic heterocycles. The van der Waals surface area contributed by atoms with Crippen LogP contribution >= 0.6 is 0 Å². The normalized spacial score (nSPS) is 27.2. The van der Waals surface area contributed by atoms with Crippen molar-refractivity contribution >= 4 is 0 Å². The number of hydrogen-bond donors (Lipinski definition) is 1. The summed E-state index contributed by atoms with van der Waals surface area (Å²) in [6.07, 6.45) is 2.02. The summed E-state index contributed by atoms with van der Waals surface area (Å²) in [5.74, 6) is 2.07. The zero-order valence-electron chi connectivity index (χ0n) is 10.4. The van der Waals surface area contributed by atoms with E-state index in [4.69, 9.17) is 9.15 Å². The van der Waals surface area contributed by atoms with E-state index in [0.717, 1.165) is 37.6 Å². The lowest BCUT2D eigenvalue weighted by Crippen LogP contribution is -2.44. The van der Waals surface area contributed by atoms with Gasteiger partial charge < -0.3 is 9.15 Å². The summed E-state index contributed by atoms with van der Waals surface area (Å²) >= 11 is 0. The van der Waals surface area contributed by atoms with Gasteiger partial charge >= 0.3 is 0 Å². The summed E-state index contributed by atoms with van der Waals surface area (Å²) in [6, 6.07) is 4.36. The highest BCUT2D eigenvalue weighted by Crippen LogP contribution is 2.24. The van der Waals surface area contributed by atoms with E-state index < -0.39 is 0 Å². The Morgan fingerprint density at radius 3 is 2.88 bits per heavy atom. The van der Waals surface area contributed by atoms with Gasteiger partial charge in [0, 0.05) is 18.6 Å². The van der Waals surface area contributed by atoms with Gasteiger partial charge in [-0.25, -0.2) is 0 Å². The van der Waals surface area contributed by atoms with Crippen LogP contribution in [0.15, 0.2) is 16.5 Å². The van der Waals surface area contributed by atoms with Crippen molar-refractivity contribution in [3.05, 3.63) is 23.7 Å². The van der Waals surface area contributed by atoms with Crippen molar-refractivity contribution in [2.75, 3.05) is 13.2 Å². The van der Waals surface area contributed by atoms with Crippen LogP contribution in [0.1, 0.15) is 44.8 Å². The minimum absolute atomic E-state index is 0.0958. The van der Waals surface area contributed by atoms with Crippen LogP contribution in [0.2, 0.25) is 0 Å². The maximum absolute atomic E-state index is 5.75. The summed E-state index contributed by atoms with van der Waals surface area (Å²) in [5.41, 5.74) is 0.0958. The van der Waals surface area contributed by atoms with Gasteiger partial charge in [-0.3, -0.25) is 5.32 Å². The summed E-state index contributed by atoms with van der Waals surface area (Å²) in [4.78, 5) is 0. The summed E-state index contributed by atoms with van der Waals surface area (Å²) < 4.78 is 11.2. The zero-order chi connectivity index (χ0) is 11.6. The maximum Gasteiger partial charge on any atom is 0.120 e. The van der Waals surface area contributed by atoms with Crippen LogP contribution in [-0.4, -0.2) is 18.8 Å². The Morgan fingerprint density at radius 1 is 1.50 bits per heavy atom. The van der Waals surface area contributed by atoms with Crippen molar-refractivity contribution < 1.29 is 9.15 Å². The monoisotopic (exact) mass is 223 g/mol. The first-order chi connectivity index (χ1) is 7.63. The molecule has 1 N–H and O–H groups in total. The van der Waals surface area contributed by atoms with Crippen LogP contribution in [0.4, 0.5) is 0 Å². The highest BCUT2D eigenvalue weighted by atomic mass is 16.5. The molecule has 1 aromatic heterocycles. The van der Waals surface area contributed by atoms with Gasteiger partial charge in [-0.2, -0.15) is 0 Å². The molecule has 1 aromatic rings. The summed E-state index contributed by atoms with van der Waals surface area (Å²) in [5, 5.41) is 3.59. The molecular formula is C13H21NO2. The Labute approximate surface area is 97.2 Å². The molecule has 0 spiro atoms. The number of ether oxygens (including phenoxy) is 1. The Kier molecular flexibility index (Phi) is 3.36. The molecule has 2 heterocycles. The van der Waals surface area contributed by atoms with Crippen molar-refractivity contribution in [2.45, 2.75) is 45.2 Å². The molecule has 3 nitrogen and oxygen atoms in total. The maximum atomic E-state index is 5.75. The third-order valence-electron chi connectivity index (χ3n) is 3.24. The number of hydrogen-bond acceptors (Lipinski definition) is 3. The fourth-order valence-electron chi connectivity index (χ4n) is 2.19. The first-order valence-corrected chi connectivity index (χ1v) is 6.07. The highest BCUT2D eigenvalue weighted by Gasteiger charge is 2.31. The first-order valence-electron chi connectivity index (χ1n) is 6.07. The van der Waals surface area contributed by atoms with Gasteiger partial charge in [-0.1, -0.05) is 6.92 Å². The lowest BCUT2D eigenvalue weighted by molar-refractivity contribution is 0.165. The molecule has 1 saturated heterocycles. The Bertz CT molecular complexity index is 339. The van der Waals surface area contributed by atoms with E-state index in [1.54, 1.807) is 0 Å². The molecule has 0 bridgehead atoms. The molecule has 2 rings (SSSR count). The second kappa shape index (κ2) is 4.60. The quantitative estimate of drug-likeness (QED) is 0.852. The van der Waals surface area contributed by atoms with Gasteiger partial charge in [-0.15, -0.1) is 0 Å². The van der Waals surface area contributed by atoms with Crippen LogP contribution in [-0.2, 0) is 11.2 Å². The Balaban J connectivity index is 1.99. The first kappa shape index (κ1) is 11.7. The minimum Gasteiger partial charge on any atom is -0.464 e. The van der Waals surface area contributed by atoms with Gasteiger partial charge in [0.25, 0.3) is 0 Å². The molecule has 0 aromatic carbocycles. The molecule has 0 saturated carbocycles. The molecule has 1 aliphatic rings. The van der Waals surface area contributed by atoms with Crippen molar-refractivity contribution in [2.24, 2.45) is 0 Å². The van der Waals surface area contributed by atoms with E-state index in [-0.39, 0.29) is 11.6 Å². The fraction of sp³-hybridized carbons (Fsp3) is 0.692. The minimum atomic E-state index is 0.0958. The molecule has 0 amide bonds. The fourth-order valence-corrected chi connectivity index (χ4v) is 2.19. The van der Waals surface area contributed by atoms with Gasteiger partial charge in [-0.05, 0) is 32.4 Å². The van der Waals surface area contributed by atoms with Crippen LogP contribution in [0, 0.1) is 0 Å². The number of furan rings is 1. The SMILES string of the molecule is CCc1ccc([C@H](C)N[C@]2(C)CCOC2)o1. The number of nitrogens with one attached hydrogen (secondary N) is 1.